The lowest BCUT2D eigenvalue weighted by atomic mass is 9.99. The molecule has 7 heteroatoms. The largest absolute Gasteiger partial charge is 0.349 e. The molecule has 2 aromatic rings. The molecule has 3 heterocycles. The van der Waals surface area contributed by atoms with E-state index in [-0.39, 0.29) is 16.9 Å². The molecular weight excluding hydrogens is 276 g/mol. The summed E-state index contributed by atoms with van der Waals surface area (Å²) >= 11 is 0. The maximum Gasteiger partial charge on any atom is 0.246 e. The van der Waals surface area contributed by atoms with Crippen LogP contribution in [0.1, 0.15) is 25.6 Å². The Labute approximate surface area is 118 Å². The van der Waals surface area contributed by atoms with Crippen molar-refractivity contribution < 1.29 is 8.42 Å². The van der Waals surface area contributed by atoms with Gasteiger partial charge in [0.2, 0.25) is 10.0 Å². The number of aromatic amines is 1. The Kier molecular flexibility index (Phi) is 3.18. The summed E-state index contributed by atoms with van der Waals surface area (Å²) in [7, 11) is -3.51. The zero-order valence-corrected chi connectivity index (χ0v) is 12.3. The van der Waals surface area contributed by atoms with Gasteiger partial charge in [0.05, 0.1) is 12.2 Å². The maximum atomic E-state index is 12.8. The van der Waals surface area contributed by atoms with E-state index in [0.717, 1.165) is 5.69 Å². The van der Waals surface area contributed by atoms with E-state index in [1.165, 1.54) is 12.4 Å². The molecule has 0 bridgehead atoms. The molecule has 0 unspecified atom stereocenters. The van der Waals surface area contributed by atoms with E-state index < -0.39 is 10.0 Å². The molecule has 1 N–H and O–H groups in total. The molecule has 108 valence electrons. The molecule has 0 saturated heterocycles. The van der Waals surface area contributed by atoms with E-state index >= 15 is 0 Å². The van der Waals surface area contributed by atoms with Crippen LogP contribution in [-0.2, 0) is 16.6 Å². The Morgan fingerprint density at radius 3 is 2.85 bits per heavy atom. The Bertz CT molecular complexity index is 688. The fourth-order valence-electron chi connectivity index (χ4n) is 2.85. The third kappa shape index (κ3) is 1.97. The summed E-state index contributed by atoms with van der Waals surface area (Å²) in [4.78, 5) is 0.225. The number of aromatic nitrogens is 3. The number of rotatable bonds is 3. The first-order valence-corrected chi connectivity index (χ1v) is 8.11. The van der Waals surface area contributed by atoms with Crippen LogP contribution in [0.15, 0.2) is 35.6 Å². The van der Waals surface area contributed by atoms with Crippen LogP contribution in [0.3, 0.4) is 0 Å². The average Bonchev–Trinajstić information content (AvgIpc) is 3.08. The van der Waals surface area contributed by atoms with Gasteiger partial charge in [0.15, 0.2) is 0 Å². The molecule has 0 amide bonds. The van der Waals surface area contributed by atoms with Gasteiger partial charge in [-0.15, -0.1) is 0 Å². The van der Waals surface area contributed by atoms with Crippen LogP contribution in [0.5, 0.6) is 0 Å². The van der Waals surface area contributed by atoms with Gasteiger partial charge >= 0.3 is 0 Å². The molecule has 0 aliphatic carbocycles. The smallest absolute Gasteiger partial charge is 0.246 e. The maximum absolute atomic E-state index is 12.8. The first-order valence-electron chi connectivity index (χ1n) is 6.67. The number of nitrogens with zero attached hydrogens (tertiary/aromatic N) is 3. The van der Waals surface area contributed by atoms with Crippen molar-refractivity contribution in [2.24, 2.45) is 5.92 Å². The minimum atomic E-state index is -3.51. The van der Waals surface area contributed by atoms with Crippen molar-refractivity contribution in [2.75, 3.05) is 6.54 Å². The normalized spacial score (nSPS) is 20.2. The summed E-state index contributed by atoms with van der Waals surface area (Å²) in [5, 5.41) is 6.32. The molecule has 1 atom stereocenters. The minimum absolute atomic E-state index is 0.140. The van der Waals surface area contributed by atoms with Crippen LogP contribution < -0.4 is 0 Å². The van der Waals surface area contributed by atoms with Gasteiger partial charge in [0.1, 0.15) is 4.90 Å². The van der Waals surface area contributed by atoms with E-state index in [1.54, 1.807) is 4.31 Å². The molecule has 3 rings (SSSR count). The number of hydrogen-bond donors (Lipinski definition) is 1. The van der Waals surface area contributed by atoms with Crippen molar-refractivity contribution in [3.8, 4) is 0 Å². The highest BCUT2D eigenvalue weighted by molar-refractivity contribution is 7.89. The van der Waals surface area contributed by atoms with Gasteiger partial charge in [-0.2, -0.15) is 9.40 Å². The zero-order valence-electron chi connectivity index (χ0n) is 11.5. The lowest BCUT2D eigenvalue weighted by Gasteiger charge is -2.38. The van der Waals surface area contributed by atoms with Gasteiger partial charge in [-0.3, -0.25) is 5.10 Å². The highest BCUT2D eigenvalue weighted by Crippen LogP contribution is 2.36. The molecule has 6 nitrogen and oxygen atoms in total. The van der Waals surface area contributed by atoms with Crippen LogP contribution in [0.25, 0.3) is 0 Å². The summed E-state index contributed by atoms with van der Waals surface area (Å²) in [6.45, 7) is 5.26. The summed E-state index contributed by atoms with van der Waals surface area (Å²) < 4.78 is 29.2. The highest BCUT2D eigenvalue weighted by atomic mass is 32.2. The lowest BCUT2D eigenvalue weighted by Crippen LogP contribution is -2.43. The van der Waals surface area contributed by atoms with Crippen molar-refractivity contribution in [3.05, 3.63) is 36.4 Å². The van der Waals surface area contributed by atoms with Crippen LogP contribution >= 0.6 is 0 Å². The Balaban J connectivity index is 2.06. The Morgan fingerprint density at radius 2 is 2.20 bits per heavy atom. The van der Waals surface area contributed by atoms with Crippen molar-refractivity contribution in [1.29, 1.82) is 0 Å². The third-order valence-corrected chi connectivity index (χ3v) is 5.60. The summed E-state index contributed by atoms with van der Waals surface area (Å²) in [5.74, 6) is 0.200. The Hall–Kier alpha value is -1.60. The van der Waals surface area contributed by atoms with E-state index in [9.17, 15) is 8.42 Å². The van der Waals surface area contributed by atoms with E-state index in [4.69, 9.17) is 0 Å². The molecule has 1 aliphatic heterocycles. The predicted molar refractivity (Wildman–Crippen MR) is 74.5 cm³/mol. The molecular formula is C13H18N4O2S. The van der Waals surface area contributed by atoms with E-state index in [1.807, 2.05) is 32.2 Å². The van der Waals surface area contributed by atoms with E-state index in [0.29, 0.717) is 13.1 Å². The highest BCUT2D eigenvalue weighted by Gasteiger charge is 2.38. The lowest BCUT2D eigenvalue weighted by molar-refractivity contribution is 0.215. The topological polar surface area (TPSA) is 71.0 Å². The molecule has 20 heavy (non-hydrogen) atoms. The van der Waals surface area contributed by atoms with Crippen LogP contribution in [0.4, 0.5) is 0 Å². The zero-order chi connectivity index (χ0) is 14.3. The monoisotopic (exact) mass is 294 g/mol. The van der Waals surface area contributed by atoms with Gasteiger partial charge in [-0.05, 0) is 18.1 Å². The number of fused-ring (bicyclic) bond motifs is 1. The van der Waals surface area contributed by atoms with Crippen molar-refractivity contribution >= 4 is 10.0 Å². The van der Waals surface area contributed by atoms with Gasteiger partial charge < -0.3 is 4.57 Å². The first kappa shape index (κ1) is 13.4. The molecule has 1 aliphatic rings. The quantitative estimate of drug-likeness (QED) is 0.935. The van der Waals surface area contributed by atoms with Gasteiger partial charge in [0, 0.05) is 31.2 Å². The molecule has 0 saturated carbocycles. The van der Waals surface area contributed by atoms with Crippen molar-refractivity contribution in [1.82, 2.24) is 19.1 Å². The Morgan fingerprint density at radius 1 is 1.40 bits per heavy atom. The second-order valence-corrected chi connectivity index (χ2v) is 7.26. The number of hydrogen-bond acceptors (Lipinski definition) is 3. The minimum Gasteiger partial charge on any atom is -0.349 e. The van der Waals surface area contributed by atoms with Crippen LogP contribution in [0, 0.1) is 5.92 Å². The predicted octanol–water partition coefficient (Wildman–Crippen LogP) is 1.61. The molecule has 0 aromatic carbocycles. The second kappa shape index (κ2) is 4.75. The molecule has 2 aromatic heterocycles. The van der Waals surface area contributed by atoms with E-state index in [2.05, 4.69) is 14.8 Å². The fourth-order valence-corrected chi connectivity index (χ4v) is 4.48. The van der Waals surface area contributed by atoms with Gasteiger partial charge in [-0.25, -0.2) is 8.42 Å². The summed E-state index contributed by atoms with van der Waals surface area (Å²) in [6, 6.07) is 3.83. The second-order valence-electron chi connectivity index (χ2n) is 5.37. The van der Waals surface area contributed by atoms with Crippen molar-refractivity contribution in [2.45, 2.75) is 31.3 Å². The van der Waals surface area contributed by atoms with Gasteiger partial charge in [-0.1, -0.05) is 13.8 Å². The fraction of sp³-hybridized carbons (Fsp3) is 0.462. The van der Waals surface area contributed by atoms with Crippen LogP contribution in [0.2, 0.25) is 0 Å². The SMILES string of the molecule is CC(C)[C@H]1c2cccn2CCN1S(=O)(=O)c1cn[nH]c1. The van der Waals surface area contributed by atoms with Crippen LogP contribution in [-0.4, -0.2) is 34.0 Å². The standard InChI is InChI=1S/C13H18N4O2S/c1-10(2)13-12-4-3-5-16(12)6-7-17(13)20(18,19)11-8-14-15-9-11/h3-5,8-10,13H,6-7H2,1-2H3,(H,14,15)/t13-/m0/s1. The number of nitrogens with one attached hydrogen (secondary N) is 1. The summed E-state index contributed by atoms with van der Waals surface area (Å²) in [6.07, 6.45) is 4.80. The van der Waals surface area contributed by atoms with Crippen molar-refractivity contribution in [3.63, 3.8) is 0 Å². The first-order chi connectivity index (χ1) is 9.51. The number of H-pyrrole nitrogens is 1. The summed E-state index contributed by atoms with van der Waals surface area (Å²) in [5.41, 5.74) is 1.05. The molecule has 0 spiro atoms. The average molecular weight is 294 g/mol. The number of sulfonamides is 1. The molecule has 0 fully saturated rings. The van der Waals surface area contributed by atoms with Gasteiger partial charge in [0.25, 0.3) is 0 Å². The molecule has 0 radical (unpaired) electrons. The third-order valence-electron chi connectivity index (χ3n) is 3.75.